The highest BCUT2D eigenvalue weighted by molar-refractivity contribution is 7.89. The molecule has 108 valence electrons. The first-order chi connectivity index (χ1) is 9.31. The number of hydrogen-bond donors (Lipinski definition) is 2. The monoisotopic (exact) mass is 310 g/mol. The van der Waals surface area contributed by atoms with Gasteiger partial charge in [-0.3, -0.25) is 0 Å². The van der Waals surface area contributed by atoms with E-state index in [2.05, 4.69) is 4.72 Å². The van der Waals surface area contributed by atoms with Gasteiger partial charge in [0, 0.05) is 17.1 Å². The molecule has 0 bridgehead atoms. The van der Waals surface area contributed by atoms with Crippen LogP contribution in [0.1, 0.15) is 21.6 Å². The van der Waals surface area contributed by atoms with Crippen LogP contribution < -0.4 is 10.5 Å². The molecule has 2 rings (SSSR count). The average Bonchev–Trinajstić information content (AvgIpc) is 2.77. The summed E-state index contributed by atoms with van der Waals surface area (Å²) in [5.41, 5.74) is 8.86. The summed E-state index contributed by atoms with van der Waals surface area (Å²) in [5, 5.41) is 1.95. The molecule has 0 radical (unpaired) electrons. The molecule has 2 aromatic rings. The van der Waals surface area contributed by atoms with Crippen molar-refractivity contribution in [2.24, 2.45) is 0 Å². The van der Waals surface area contributed by atoms with Crippen molar-refractivity contribution in [3.8, 4) is 0 Å². The summed E-state index contributed by atoms with van der Waals surface area (Å²) in [6.07, 6.45) is 0. The fraction of sp³-hybridized carbons (Fsp3) is 0.286. The van der Waals surface area contributed by atoms with Crippen molar-refractivity contribution >= 4 is 27.0 Å². The predicted molar refractivity (Wildman–Crippen MR) is 83.4 cm³/mol. The second-order valence-electron chi connectivity index (χ2n) is 4.83. The van der Waals surface area contributed by atoms with Crippen LogP contribution in [0.25, 0.3) is 0 Å². The number of nitrogens with one attached hydrogen (secondary N) is 1. The summed E-state index contributed by atoms with van der Waals surface area (Å²) >= 11 is 1.54. The molecule has 20 heavy (non-hydrogen) atoms. The molecule has 4 nitrogen and oxygen atoms in total. The van der Waals surface area contributed by atoms with Crippen LogP contribution in [0.3, 0.4) is 0 Å². The van der Waals surface area contributed by atoms with E-state index in [-0.39, 0.29) is 4.90 Å². The highest BCUT2D eigenvalue weighted by Crippen LogP contribution is 2.23. The number of nitrogens with two attached hydrogens (primary N) is 1. The van der Waals surface area contributed by atoms with Crippen LogP contribution in [-0.2, 0) is 16.6 Å². The minimum absolute atomic E-state index is 0.254. The third kappa shape index (κ3) is 3.03. The Morgan fingerprint density at radius 2 is 1.95 bits per heavy atom. The second-order valence-corrected chi connectivity index (χ2v) is 7.56. The zero-order valence-corrected chi connectivity index (χ0v) is 13.4. The Morgan fingerprint density at radius 3 is 2.55 bits per heavy atom. The van der Waals surface area contributed by atoms with Gasteiger partial charge in [-0.25, -0.2) is 13.1 Å². The van der Waals surface area contributed by atoms with Crippen LogP contribution in [0, 0.1) is 20.8 Å². The van der Waals surface area contributed by atoms with Gasteiger partial charge in [-0.1, -0.05) is 0 Å². The molecule has 1 aromatic carbocycles. The normalized spacial score (nSPS) is 11.8. The van der Waals surface area contributed by atoms with Crippen LogP contribution in [0.4, 0.5) is 5.69 Å². The quantitative estimate of drug-likeness (QED) is 0.853. The standard InChI is InChI=1S/C14H18N2O2S2/c1-9-6-12(15)11(3)14(7-9)20(17,18)16-8-13-10(2)4-5-19-13/h4-7,16H,8,15H2,1-3H3. The molecule has 0 aliphatic heterocycles. The summed E-state index contributed by atoms with van der Waals surface area (Å²) in [6.45, 7) is 5.83. The number of sulfonamides is 1. The Balaban J connectivity index is 2.29. The smallest absolute Gasteiger partial charge is 0.241 e. The SMILES string of the molecule is Cc1cc(N)c(C)c(S(=O)(=O)NCc2sccc2C)c1. The van der Waals surface area contributed by atoms with Gasteiger partial charge in [0.2, 0.25) is 10.0 Å². The number of hydrogen-bond acceptors (Lipinski definition) is 4. The van der Waals surface area contributed by atoms with Gasteiger partial charge < -0.3 is 5.73 Å². The maximum absolute atomic E-state index is 12.4. The predicted octanol–water partition coefficient (Wildman–Crippen LogP) is 2.73. The Morgan fingerprint density at radius 1 is 1.25 bits per heavy atom. The topological polar surface area (TPSA) is 72.2 Å². The summed E-state index contributed by atoms with van der Waals surface area (Å²) in [6, 6.07) is 5.40. The molecule has 0 unspecified atom stereocenters. The summed E-state index contributed by atoms with van der Waals surface area (Å²) in [5.74, 6) is 0. The number of aryl methyl sites for hydroxylation is 2. The van der Waals surface area contributed by atoms with Crippen molar-refractivity contribution in [3.05, 3.63) is 45.1 Å². The van der Waals surface area contributed by atoms with Gasteiger partial charge in [0.25, 0.3) is 0 Å². The third-order valence-corrected chi connectivity index (χ3v) is 5.78. The Hall–Kier alpha value is -1.37. The number of nitrogen functional groups attached to an aromatic ring is 1. The van der Waals surface area contributed by atoms with E-state index in [1.807, 2.05) is 25.3 Å². The first-order valence-electron chi connectivity index (χ1n) is 6.20. The van der Waals surface area contributed by atoms with Crippen molar-refractivity contribution in [1.29, 1.82) is 0 Å². The van der Waals surface area contributed by atoms with Crippen molar-refractivity contribution in [3.63, 3.8) is 0 Å². The zero-order chi connectivity index (χ0) is 14.9. The van der Waals surface area contributed by atoms with Gasteiger partial charge in [-0.05, 0) is 61.0 Å². The molecule has 6 heteroatoms. The molecular formula is C14H18N2O2S2. The molecule has 0 saturated carbocycles. The fourth-order valence-electron chi connectivity index (χ4n) is 1.96. The average molecular weight is 310 g/mol. The van der Waals surface area contributed by atoms with Gasteiger partial charge >= 0.3 is 0 Å². The van der Waals surface area contributed by atoms with Crippen LogP contribution in [0.2, 0.25) is 0 Å². The highest BCUT2D eigenvalue weighted by atomic mass is 32.2. The lowest BCUT2D eigenvalue weighted by molar-refractivity contribution is 0.581. The minimum Gasteiger partial charge on any atom is -0.398 e. The van der Waals surface area contributed by atoms with E-state index in [0.717, 1.165) is 16.0 Å². The van der Waals surface area contributed by atoms with Gasteiger partial charge in [0.05, 0.1) is 4.90 Å². The van der Waals surface area contributed by atoms with Gasteiger partial charge in [-0.15, -0.1) is 11.3 Å². The van der Waals surface area contributed by atoms with E-state index >= 15 is 0 Å². The molecule has 3 N–H and O–H groups in total. The maximum Gasteiger partial charge on any atom is 0.241 e. The summed E-state index contributed by atoms with van der Waals surface area (Å²) < 4.78 is 27.4. The van der Waals surface area contributed by atoms with E-state index in [4.69, 9.17) is 5.73 Å². The lowest BCUT2D eigenvalue weighted by Crippen LogP contribution is -2.24. The molecule has 0 spiro atoms. The Kier molecular flexibility index (Phi) is 4.17. The molecule has 0 atom stereocenters. The minimum atomic E-state index is -3.55. The summed E-state index contributed by atoms with van der Waals surface area (Å²) in [4.78, 5) is 1.27. The first kappa shape index (κ1) is 15.0. The molecule has 1 aromatic heterocycles. The number of thiophene rings is 1. The number of benzene rings is 1. The van der Waals surface area contributed by atoms with Crippen molar-refractivity contribution in [1.82, 2.24) is 4.72 Å². The van der Waals surface area contributed by atoms with Crippen LogP contribution in [-0.4, -0.2) is 8.42 Å². The lowest BCUT2D eigenvalue weighted by atomic mass is 10.1. The van der Waals surface area contributed by atoms with Crippen molar-refractivity contribution < 1.29 is 8.42 Å². The van der Waals surface area contributed by atoms with Crippen LogP contribution in [0.15, 0.2) is 28.5 Å². The Labute approximate surface area is 123 Å². The van der Waals surface area contributed by atoms with E-state index in [0.29, 0.717) is 17.8 Å². The van der Waals surface area contributed by atoms with Crippen molar-refractivity contribution in [2.45, 2.75) is 32.2 Å². The fourth-order valence-corrected chi connectivity index (χ4v) is 4.24. The van der Waals surface area contributed by atoms with Gasteiger partial charge in [-0.2, -0.15) is 0 Å². The van der Waals surface area contributed by atoms with E-state index in [1.54, 1.807) is 30.4 Å². The molecular weight excluding hydrogens is 292 g/mol. The van der Waals surface area contributed by atoms with E-state index < -0.39 is 10.0 Å². The van der Waals surface area contributed by atoms with Gasteiger partial charge in [0.15, 0.2) is 0 Å². The molecule has 0 aliphatic carbocycles. The number of rotatable bonds is 4. The molecule has 0 amide bonds. The maximum atomic E-state index is 12.4. The Bertz CT molecular complexity index is 734. The summed E-state index contributed by atoms with van der Waals surface area (Å²) in [7, 11) is -3.55. The van der Waals surface area contributed by atoms with Crippen molar-refractivity contribution in [2.75, 3.05) is 5.73 Å². The second kappa shape index (κ2) is 5.55. The molecule has 0 aliphatic rings. The van der Waals surface area contributed by atoms with Crippen LogP contribution >= 0.6 is 11.3 Å². The van der Waals surface area contributed by atoms with E-state index in [1.165, 1.54) is 0 Å². The van der Waals surface area contributed by atoms with Gasteiger partial charge in [0.1, 0.15) is 0 Å². The van der Waals surface area contributed by atoms with Crippen LogP contribution in [0.5, 0.6) is 0 Å². The van der Waals surface area contributed by atoms with E-state index in [9.17, 15) is 8.42 Å². The third-order valence-electron chi connectivity index (χ3n) is 3.22. The molecule has 0 fully saturated rings. The zero-order valence-electron chi connectivity index (χ0n) is 11.7. The molecule has 1 heterocycles. The number of anilines is 1. The first-order valence-corrected chi connectivity index (χ1v) is 8.57. The lowest BCUT2D eigenvalue weighted by Gasteiger charge is -2.12. The molecule has 0 saturated heterocycles. The largest absolute Gasteiger partial charge is 0.398 e. The highest BCUT2D eigenvalue weighted by Gasteiger charge is 2.19.